The van der Waals surface area contributed by atoms with Crippen LogP contribution in [0.3, 0.4) is 0 Å². The summed E-state index contributed by atoms with van der Waals surface area (Å²) in [6, 6.07) is 10.9. The van der Waals surface area contributed by atoms with Crippen LogP contribution in [0.4, 0.5) is 5.69 Å². The Kier molecular flexibility index (Phi) is 4.89. The maximum absolute atomic E-state index is 11.5. The molecule has 0 N–H and O–H groups in total. The van der Waals surface area contributed by atoms with Crippen molar-refractivity contribution in [3.8, 4) is 17.4 Å². The fourth-order valence-corrected chi connectivity index (χ4v) is 1.85. The molecule has 2 rings (SSSR count). The first-order valence-corrected chi connectivity index (χ1v) is 6.68. The number of non-ortho nitro benzene ring substituents is 1. The molecule has 7 heteroatoms. The Morgan fingerprint density at radius 3 is 2.87 bits per heavy atom. The predicted molar refractivity (Wildman–Crippen MR) is 81.0 cm³/mol. The van der Waals surface area contributed by atoms with Crippen molar-refractivity contribution in [2.24, 2.45) is 0 Å². The summed E-state index contributed by atoms with van der Waals surface area (Å²) in [6.45, 7) is 1.80. The molecule has 0 aliphatic carbocycles. The molecule has 0 amide bonds. The maximum atomic E-state index is 11.5. The van der Waals surface area contributed by atoms with E-state index in [2.05, 4.69) is 0 Å². The predicted octanol–water partition coefficient (Wildman–Crippen LogP) is 3.32. The molecule has 0 spiro atoms. The fraction of sp³-hybridized carbons (Fsp3) is 0.125. The smallest absolute Gasteiger partial charge is 0.349 e. The van der Waals surface area contributed by atoms with Crippen molar-refractivity contribution in [3.63, 3.8) is 0 Å². The van der Waals surface area contributed by atoms with Gasteiger partial charge in [0.25, 0.3) is 5.69 Å². The van der Waals surface area contributed by atoms with E-state index in [0.29, 0.717) is 11.3 Å². The van der Waals surface area contributed by atoms with Crippen LogP contribution in [0.5, 0.6) is 0 Å². The third-order valence-electron chi connectivity index (χ3n) is 2.87. The summed E-state index contributed by atoms with van der Waals surface area (Å²) in [4.78, 5) is 21.8. The first-order chi connectivity index (χ1) is 11.0. The van der Waals surface area contributed by atoms with Gasteiger partial charge in [-0.2, -0.15) is 5.26 Å². The van der Waals surface area contributed by atoms with Crippen molar-refractivity contribution >= 4 is 17.7 Å². The van der Waals surface area contributed by atoms with E-state index in [1.165, 1.54) is 18.2 Å². The zero-order valence-electron chi connectivity index (χ0n) is 12.2. The van der Waals surface area contributed by atoms with Gasteiger partial charge in [0.15, 0.2) is 0 Å². The number of nitrogens with zero attached hydrogens (tertiary/aromatic N) is 2. The number of furan rings is 1. The van der Waals surface area contributed by atoms with Crippen LogP contribution in [0.25, 0.3) is 17.4 Å². The highest BCUT2D eigenvalue weighted by Gasteiger charge is 2.13. The summed E-state index contributed by atoms with van der Waals surface area (Å²) in [5, 5.41) is 19.8. The highest BCUT2D eigenvalue weighted by Crippen LogP contribution is 2.26. The van der Waals surface area contributed by atoms with Crippen LogP contribution in [-0.2, 0) is 9.53 Å². The molecule has 0 unspecified atom stereocenters. The van der Waals surface area contributed by atoms with Gasteiger partial charge in [0, 0.05) is 23.8 Å². The van der Waals surface area contributed by atoms with E-state index in [9.17, 15) is 14.9 Å². The lowest BCUT2D eigenvalue weighted by atomic mass is 10.1. The molecular formula is C16H12N2O5. The Hall–Kier alpha value is -3.40. The van der Waals surface area contributed by atoms with E-state index in [-0.39, 0.29) is 23.6 Å². The third-order valence-corrected chi connectivity index (χ3v) is 2.87. The molecule has 0 fully saturated rings. The lowest BCUT2D eigenvalue weighted by Crippen LogP contribution is -2.05. The van der Waals surface area contributed by atoms with Crippen LogP contribution in [-0.4, -0.2) is 17.5 Å². The minimum atomic E-state index is -0.733. The van der Waals surface area contributed by atoms with Crippen molar-refractivity contribution < 1.29 is 18.9 Å². The lowest BCUT2D eigenvalue weighted by molar-refractivity contribution is -0.384. The minimum absolute atomic E-state index is 0.0553. The standard InChI is InChI=1S/C16H12N2O5/c1-2-22-16(19)12(10-17)9-14-6-7-15(23-14)11-4-3-5-13(8-11)18(20)21/h3-9H,2H2,1H3/b12-9-. The van der Waals surface area contributed by atoms with Gasteiger partial charge < -0.3 is 9.15 Å². The summed E-state index contributed by atoms with van der Waals surface area (Å²) in [6.07, 6.45) is 1.26. The number of ether oxygens (including phenoxy) is 1. The molecule has 23 heavy (non-hydrogen) atoms. The highest BCUT2D eigenvalue weighted by molar-refractivity contribution is 5.97. The number of benzene rings is 1. The Morgan fingerprint density at radius 2 is 2.22 bits per heavy atom. The van der Waals surface area contributed by atoms with E-state index >= 15 is 0 Å². The van der Waals surface area contributed by atoms with Gasteiger partial charge in [-0.25, -0.2) is 4.79 Å². The second-order valence-corrected chi connectivity index (χ2v) is 4.40. The van der Waals surface area contributed by atoms with Gasteiger partial charge in [-0.1, -0.05) is 12.1 Å². The molecule has 0 atom stereocenters. The van der Waals surface area contributed by atoms with Crippen LogP contribution in [0.1, 0.15) is 12.7 Å². The van der Waals surface area contributed by atoms with Gasteiger partial charge >= 0.3 is 5.97 Å². The Morgan fingerprint density at radius 1 is 1.43 bits per heavy atom. The number of nitro groups is 1. The number of hydrogen-bond donors (Lipinski definition) is 0. The second kappa shape index (κ2) is 7.04. The van der Waals surface area contributed by atoms with Crippen molar-refractivity contribution in [1.82, 2.24) is 0 Å². The maximum Gasteiger partial charge on any atom is 0.349 e. The minimum Gasteiger partial charge on any atom is -0.462 e. The van der Waals surface area contributed by atoms with E-state index in [0.717, 1.165) is 0 Å². The lowest BCUT2D eigenvalue weighted by Gasteiger charge is -1.99. The molecule has 0 bridgehead atoms. The molecule has 1 aromatic carbocycles. The number of carbonyl (C=O) groups is 1. The molecule has 116 valence electrons. The molecular weight excluding hydrogens is 300 g/mol. The Balaban J connectivity index is 2.30. The normalized spacial score (nSPS) is 10.9. The van der Waals surface area contributed by atoms with Gasteiger partial charge in [0.05, 0.1) is 11.5 Å². The fourth-order valence-electron chi connectivity index (χ4n) is 1.85. The molecule has 1 heterocycles. The van der Waals surface area contributed by atoms with Gasteiger partial charge in [-0.05, 0) is 19.1 Å². The molecule has 0 radical (unpaired) electrons. The summed E-state index contributed by atoms with van der Waals surface area (Å²) in [5.74, 6) is -0.0690. The molecule has 0 aliphatic heterocycles. The van der Waals surface area contributed by atoms with Gasteiger partial charge in [0.2, 0.25) is 0 Å². The summed E-state index contributed by atoms with van der Waals surface area (Å²) in [7, 11) is 0. The van der Waals surface area contributed by atoms with Gasteiger partial charge in [-0.3, -0.25) is 10.1 Å². The average molecular weight is 312 g/mol. The second-order valence-electron chi connectivity index (χ2n) is 4.40. The van der Waals surface area contributed by atoms with E-state index in [1.54, 1.807) is 37.3 Å². The first-order valence-electron chi connectivity index (χ1n) is 6.68. The number of nitro benzene ring substituents is 1. The number of nitriles is 1. The monoisotopic (exact) mass is 312 g/mol. The van der Waals surface area contributed by atoms with Crippen LogP contribution < -0.4 is 0 Å². The van der Waals surface area contributed by atoms with Crippen LogP contribution in [0.15, 0.2) is 46.4 Å². The third kappa shape index (κ3) is 3.83. The van der Waals surface area contributed by atoms with Crippen LogP contribution in [0.2, 0.25) is 0 Å². The van der Waals surface area contributed by atoms with Crippen LogP contribution >= 0.6 is 0 Å². The highest BCUT2D eigenvalue weighted by atomic mass is 16.6. The molecule has 0 saturated carbocycles. The molecule has 1 aromatic heterocycles. The van der Waals surface area contributed by atoms with E-state index in [1.807, 2.05) is 0 Å². The summed E-state index contributed by atoms with van der Waals surface area (Å²) >= 11 is 0. The number of carbonyl (C=O) groups excluding carboxylic acids is 1. The van der Waals surface area contributed by atoms with Crippen molar-refractivity contribution in [2.75, 3.05) is 6.61 Å². The van der Waals surface area contributed by atoms with Crippen molar-refractivity contribution in [1.29, 1.82) is 5.26 Å². The average Bonchev–Trinajstić information content (AvgIpc) is 3.01. The van der Waals surface area contributed by atoms with Crippen molar-refractivity contribution in [2.45, 2.75) is 6.92 Å². The molecule has 0 saturated heterocycles. The number of rotatable bonds is 5. The molecule has 7 nitrogen and oxygen atoms in total. The van der Waals surface area contributed by atoms with E-state index < -0.39 is 10.9 Å². The van der Waals surface area contributed by atoms with Gasteiger partial charge in [0.1, 0.15) is 23.2 Å². The number of esters is 1. The topological polar surface area (TPSA) is 106 Å². The van der Waals surface area contributed by atoms with Crippen LogP contribution in [0, 0.1) is 21.4 Å². The Bertz CT molecular complexity index is 814. The zero-order valence-corrected chi connectivity index (χ0v) is 12.2. The quantitative estimate of drug-likeness (QED) is 0.275. The Labute approximate surface area is 131 Å². The molecule has 0 aliphatic rings. The largest absolute Gasteiger partial charge is 0.462 e. The van der Waals surface area contributed by atoms with Gasteiger partial charge in [-0.15, -0.1) is 0 Å². The number of hydrogen-bond acceptors (Lipinski definition) is 6. The summed E-state index contributed by atoms with van der Waals surface area (Å²) in [5.41, 5.74) is 0.278. The SMILES string of the molecule is CCOC(=O)/C(C#N)=C\c1ccc(-c2cccc([N+](=O)[O-])c2)o1. The van der Waals surface area contributed by atoms with Crippen molar-refractivity contribution in [3.05, 3.63) is 57.8 Å². The first kappa shape index (κ1) is 16.0. The zero-order chi connectivity index (χ0) is 16.8. The van der Waals surface area contributed by atoms with E-state index in [4.69, 9.17) is 14.4 Å². The molecule has 2 aromatic rings. The summed E-state index contributed by atoms with van der Waals surface area (Å²) < 4.78 is 10.3.